The smallest absolute Gasteiger partial charge is 0.0542 e. The Morgan fingerprint density at radius 2 is 0.822 bits per heavy atom. The molecule has 0 amide bonds. The van der Waals surface area contributed by atoms with Crippen LogP contribution >= 0.6 is 34.0 Å². The van der Waals surface area contributed by atoms with Gasteiger partial charge in [0.25, 0.3) is 0 Å². The second-order valence-electron chi connectivity index (χ2n) is 11.8. The summed E-state index contributed by atoms with van der Waals surface area (Å²) in [6, 6.07) is 54.0. The van der Waals surface area contributed by atoms with Gasteiger partial charge in [-0.2, -0.15) is 0 Å². The summed E-state index contributed by atoms with van der Waals surface area (Å²) in [5.41, 5.74) is 6.29. The van der Waals surface area contributed by atoms with Crippen molar-refractivity contribution in [2.24, 2.45) is 0 Å². The lowest BCUT2D eigenvalue weighted by Crippen LogP contribution is -1.80. The Morgan fingerprint density at radius 1 is 0.289 bits per heavy atom. The predicted molar refractivity (Wildman–Crippen MR) is 201 cm³/mol. The maximum Gasteiger partial charge on any atom is 0.0542 e. The van der Waals surface area contributed by atoms with Crippen LogP contribution in [0.25, 0.3) is 93.9 Å². The van der Waals surface area contributed by atoms with E-state index in [2.05, 4.69) is 146 Å². The van der Waals surface area contributed by atoms with Crippen molar-refractivity contribution in [3.8, 4) is 32.7 Å². The Kier molecular flexibility index (Phi) is 5.59. The highest BCUT2D eigenvalue weighted by Crippen LogP contribution is 2.46. The second kappa shape index (κ2) is 9.85. The molecule has 10 rings (SSSR count). The summed E-state index contributed by atoms with van der Waals surface area (Å²) in [6.45, 7) is 0. The molecule has 0 unspecified atom stereocenters. The van der Waals surface area contributed by atoms with E-state index in [4.69, 9.17) is 0 Å². The van der Waals surface area contributed by atoms with Crippen LogP contribution in [0.4, 0.5) is 0 Å². The molecule has 0 N–H and O–H groups in total. The highest BCUT2D eigenvalue weighted by Gasteiger charge is 2.14. The van der Waals surface area contributed by atoms with E-state index < -0.39 is 0 Å². The van der Waals surface area contributed by atoms with Gasteiger partial charge in [0.15, 0.2) is 0 Å². The summed E-state index contributed by atoms with van der Waals surface area (Å²) < 4.78 is 6.90. The van der Waals surface area contributed by atoms with Crippen molar-refractivity contribution in [2.45, 2.75) is 0 Å². The van der Waals surface area contributed by atoms with Crippen LogP contribution in [0.15, 0.2) is 146 Å². The van der Waals surface area contributed by atoms with Crippen molar-refractivity contribution in [3.63, 3.8) is 0 Å². The summed E-state index contributed by atoms with van der Waals surface area (Å²) in [4.78, 5) is 1.31. The molecule has 0 nitrogen and oxygen atoms in total. The summed E-state index contributed by atoms with van der Waals surface area (Å²) in [5.74, 6) is 0. The van der Waals surface area contributed by atoms with Crippen LogP contribution in [-0.2, 0) is 0 Å². The summed E-state index contributed by atoms with van der Waals surface area (Å²) in [6.07, 6.45) is 0. The van der Waals surface area contributed by atoms with E-state index in [0.717, 1.165) is 0 Å². The van der Waals surface area contributed by atoms with Crippen molar-refractivity contribution in [3.05, 3.63) is 146 Å². The SMILES string of the molecule is c1ccc(-c2ccc3sc(-c4ccc(-c5ccc6cc7c(cc6c5)sc5c6cc8ccccc8cc6sc75)cc4)cc3c2)cc1. The number of thiophene rings is 3. The van der Waals surface area contributed by atoms with Crippen molar-refractivity contribution in [2.75, 3.05) is 0 Å². The van der Waals surface area contributed by atoms with Gasteiger partial charge in [-0.3, -0.25) is 0 Å². The van der Waals surface area contributed by atoms with Crippen LogP contribution in [-0.4, -0.2) is 0 Å². The van der Waals surface area contributed by atoms with Crippen LogP contribution < -0.4 is 0 Å². The van der Waals surface area contributed by atoms with Gasteiger partial charge in [-0.05, 0) is 103 Å². The minimum atomic E-state index is 1.25. The lowest BCUT2D eigenvalue weighted by Gasteiger charge is -2.06. The molecule has 0 bridgehead atoms. The van der Waals surface area contributed by atoms with Gasteiger partial charge in [0.05, 0.1) is 9.40 Å². The lowest BCUT2D eigenvalue weighted by atomic mass is 9.99. The molecular weight excluding hydrogens is 601 g/mol. The summed E-state index contributed by atoms with van der Waals surface area (Å²) in [5, 5.41) is 9.29. The highest BCUT2D eigenvalue weighted by molar-refractivity contribution is 7.36. The molecule has 0 saturated heterocycles. The van der Waals surface area contributed by atoms with Gasteiger partial charge in [0.1, 0.15) is 0 Å². The Bertz CT molecular complexity index is 2740. The van der Waals surface area contributed by atoms with E-state index in [1.54, 1.807) is 0 Å². The quantitative estimate of drug-likeness (QED) is 0.183. The molecular formula is C42H24S3. The maximum absolute atomic E-state index is 2.40. The van der Waals surface area contributed by atoms with Gasteiger partial charge in [-0.15, -0.1) is 34.0 Å². The lowest BCUT2D eigenvalue weighted by molar-refractivity contribution is 1.64. The minimum absolute atomic E-state index is 1.25. The van der Waals surface area contributed by atoms with E-state index in [-0.39, 0.29) is 0 Å². The van der Waals surface area contributed by atoms with Crippen LogP contribution in [0.3, 0.4) is 0 Å². The largest absolute Gasteiger partial charge is 0.135 e. The zero-order valence-corrected chi connectivity index (χ0v) is 26.5. The zero-order valence-electron chi connectivity index (χ0n) is 24.1. The van der Waals surface area contributed by atoms with Gasteiger partial charge in [-0.25, -0.2) is 0 Å². The summed E-state index contributed by atoms with van der Waals surface area (Å²) >= 11 is 5.73. The Hall–Kier alpha value is -4.80. The van der Waals surface area contributed by atoms with Gasteiger partial charge in [-0.1, -0.05) is 97.1 Å². The third-order valence-electron chi connectivity index (χ3n) is 9.03. The fraction of sp³-hybridized carbons (Fsp3) is 0. The van der Waals surface area contributed by atoms with E-state index in [0.29, 0.717) is 0 Å². The molecule has 0 radical (unpaired) electrons. The molecule has 7 aromatic carbocycles. The monoisotopic (exact) mass is 624 g/mol. The molecule has 0 spiro atoms. The fourth-order valence-electron chi connectivity index (χ4n) is 6.69. The molecule has 0 aliphatic carbocycles. The van der Waals surface area contributed by atoms with Crippen molar-refractivity contribution >= 4 is 95.2 Å². The van der Waals surface area contributed by atoms with E-state index >= 15 is 0 Å². The van der Waals surface area contributed by atoms with Crippen molar-refractivity contribution < 1.29 is 0 Å². The first-order chi connectivity index (χ1) is 22.2. The normalized spacial score (nSPS) is 12.0. The molecule has 0 aliphatic heterocycles. The molecule has 0 saturated carbocycles. The second-order valence-corrected chi connectivity index (χ2v) is 15.0. The first kappa shape index (κ1) is 25.5. The Morgan fingerprint density at radius 3 is 1.56 bits per heavy atom. The number of rotatable bonds is 3. The van der Waals surface area contributed by atoms with Crippen LogP contribution in [0, 0.1) is 0 Å². The van der Waals surface area contributed by atoms with Crippen LogP contribution in [0.1, 0.15) is 0 Å². The molecule has 3 heterocycles. The average molecular weight is 625 g/mol. The van der Waals surface area contributed by atoms with Gasteiger partial charge >= 0.3 is 0 Å². The third-order valence-corrected chi connectivity index (χ3v) is 12.7. The summed E-state index contributed by atoms with van der Waals surface area (Å²) in [7, 11) is 0. The predicted octanol–water partition coefficient (Wildman–Crippen LogP) is 13.8. The number of fused-ring (bicyclic) bond motifs is 8. The topological polar surface area (TPSA) is 0 Å². The standard InChI is InChI=1S/C42H24S3/c1-2-6-25(7-3-1)31-16-17-37-34(19-31)24-38(43-37)27-12-10-26(11-13-27)30-14-15-32-21-36-40(23-33(32)18-30)45-41-35-20-28-8-4-5-9-29(28)22-39(35)44-42(36)41/h1-24H. The van der Waals surface area contributed by atoms with Gasteiger partial charge in [0.2, 0.25) is 0 Å². The van der Waals surface area contributed by atoms with E-state index in [1.165, 1.54) is 93.9 Å². The molecule has 0 aliphatic rings. The van der Waals surface area contributed by atoms with Crippen LogP contribution in [0.2, 0.25) is 0 Å². The number of hydrogen-bond acceptors (Lipinski definition) is 3. The zero-order chi connectivity index (χ0) is 29.5. The number of benzene rings is 7. The molecule has 3 aromatic heterocycles. The fourth-order valence-corrected chi connectivity index (χ4v) is 10.4. The Balaban J connectivity index is 0.997. The van der Waals surface area contributed by atoms with Gasteiger partial charge in [0, 0.05) is 29.7 Å². The van der Waals surface area contributed by atoms with Crippen molar-refractivity contribution in [1.29, 1.82) is 0 Å². The van der Waals surface area contributed by atoms with E-state index in [1.807, 2.05) is 34.0 Å². The first-order valence-corrected chi connectivity index (χ1v) is 17.6. The first-order valence-electron chi connectivity index (χ1n) is 15.1. The minimum Gasteiger partial charge on any atom is -0.135 e. The Labute approximate surface area is 272 Å². The number of hydrogen-bond donors (Lipinski definition) is 0. The van der Waals surface area contributed by atoms with Crippen molar-refractivity contribution in [1.82, 2.24) is 0 Å². The highest BCUT2D eigenvalue weighted by atomic mass is 32.1. The molecule has 0 fully saturated rings. The molecule has 210 valence electrons. The van der Waals surface area contributed by atoms with E-state index in [9.17, 15) is 0 Å². The molecule has 10 aromatic rings. The van der Waals surface area contributed by atoms with Crippen LogP contribution in [0.5, 0.6) is 0 Å². The molecule has 3 heteroatoms. The molecule has 45 heavy (non-hydrogen) atoms. The maximum atomic E-state index is 2.40. The third kappa shape index (κ3) is 4.16. The van der Waals surface area contributed by atoms with Gasteiger partial charge < -0.3 is 0 Å². The molecule has 0 atom stereocenters. The average Bonchev–Trinajstić information content (AvgIpc) is 3.78.